The van der Waals surface area contributed by atoms with E-state index in [-0.39, 0.29) is 23.1 Å². The average Bonchev–Trinajstić information content (AvgIpc) is 2.21. The van der Waals surface area contributed by atoms with E-state index in [1.807, 2.05) is 0 Å². The van der Waals surface area contributed by atoms with Crippen molar-refractivity contribution >= 4 is 33.3 Å². The Morgan fingerprint density at radius 2 is 2.17 bits per heavy atom. The largest absolute Gasteiger partial charge is 0.508 e. The molecular formula is C10H12ClNO5S. The quantitative estimate of drug-likeness (QED) is 0.631. The van der Waals surface area contributed by atoms with Gasteiger partial charge in [-0.2, -0.15) is 0 Å². The summed E-state index contributed by atoms with van der Waals surface area (Å²) in [6.07, 6.45) is 0. The second kappa shape index (κ2) is 5.92. The molecule has 0 atom stereocenters. The van der Waals surface area contributed by atoms with E-state index in [0.29, 0.717) is 0 Å². The molecule has 0 spiro atoms. The van der Waals surface area contributed by atoms with Gasteiger partial charge in [0, 0.05) is 6.07 Å². The monoisotopic (exact) mass is 293 g/mol. The molecule has 0 amide bonds. The molecule has 1 aromatic rings. The number of esters is 1. The minimum absolute atomic E-state index is 0.0300. The third-order valence-electron chi connectivity index (χ3n) is 1.83. The highest BCUT2D eigenvalue weighted by atomic mass is 35.5. The van der Waals surface area contributed by atoms with E-state index in [1.165, 1.54) is 18.2 Å². The highest BCUT2D eigenvalue weighted by Gasteiger charge is 2.18. The highest BCUT2D eigenvalue weighted by Crippen LogP contribution is 2.26. The molecule has 0 heterocycles. The number of carbonyl (C=O) groups is 1. The van der Waals surface area contributed by atoms with Crippen LogP contribution in [0.4, 0.5) is 5.69 Å². The molecule has 0 aliphatic rings. The van der Waals surface area contributed by atoms with Gasteiger partial charge >= 0.3 is 5.97 Å². The zero-order chi connectivity index (χ0) is 13.8. The van der Waals surface area contributed by atoms with Gasteiger partial charge in [0.05, 0.1) is 17.3 Å². The van der Waals surface area contributed by atoms with Crippen LogP contribution in [0.3, 0.4) is 0 Å². The fourth-order valence-electron chi connectivity index (χ4n) is 1.15. The van der Waals surface area contributed by atoms with Gasteiger partial charge < -0.3 is 9.84 Å². The van der Waals surface area contributed by atoms with Crippen molar-refractivity contribution in [2.75, 3.05) is 17.1 Å². The van der Waals surface area contributed by atoms with E-state index in [4.69, 9.17) is 16.7 Å². The topological polar surface area (TPSA) is 92.7 Å². The van der Waals surface area contributed by atoms with Crippen LogP contribution in [0, 0.1) is 0 Å². The highest BCUT2D eigenvalue weighted by molar-refractivity contribution is 7.93. The number of hydrogen-bond donors (Lipinski definition) is 2. The number of carbonyl (C=O) groups excluding carboxylic acids is 1. The van der Waals surface area contributed by atoms with Crippen LogP contribution in [0.1, 0.15) is 6.92 Å². The lowest BCUT2D eigenvalue weighted by molar-refractivity contribution is -0.139. The van der Waals surface area contributed by atoms with Gasteiger partial charge in [-0.05, 0) is 19.1 Å². The van der Waals surface area contributed by atoms with Crippen molar-refractivity contribution < 1.29 is 23.1 Å². The van der Waals surface area contributed by atoms with Gasteiger partial charge in [0.1, 0.15) is 5.75 Å². The van der Waals surface area contributed by atoms with Gasteiger partial charge in [0.25, 0.3) is 0 Å². The molecule has 0 aromatic heterocycles. The number of aromatic hydroxyl groups is 1. The van der Waals surface area contributed by atoms with Crippen LogP contribution in [0.25, 0.3) is 0 Å². The number of sulfonamides is 1. The minimum Gasteiger partial charge on any atom is -0.508 e. The Balaban J connectivity index is 2.79. The molecule has 0 radical (unpaired) electrons. The van der Waals surface area contributed by atoms with E-state index in [9.17, 15) is 13.2 Å². The first-order chi connectivity index (χ1) is 8.34. The van der Waals surface area contributed by atoms with E-state index < -0.39 is 21.7 Å². The van der Waals surface area contributed by atoms with Crippen LogP contribution in [-0.4, -0.2) is 31.9 Å². The number of anilines is 1. The van der Waals surface area contributed by atoms with Gasteiger partial charge in [-0.1, -0.05) is 11.6 Å². The lowest BCUT2D eigenvalue weighted by Crippen LogP contribution is -2.24. The molecule has 100 valence electrons. The zero-order valence-electron chi connectivity index (χ0n) is 9.51. The van der Waals surface area contributed by atoms with Crippen LogP contribution in [0.15, 0.2) is 18.2 Å². The van der Waals surface area contributed by atoms with E-state index in [1.54, 1.807) is 6.92 Å². The maximum atomic E-state index is 11.6. The summed E-state index contributed by atoms with van der Waals surface area (Å²) in [6.45, 7) is 1.68. The molecule has 0 unspecified atom stereocenters. The molecule has 0 fully saturated rings. The smallest absolute Gasteiger partial charge is 0.323 e. The first kappa shape index (κ1) is 14.6. The second-order valence-electron chi connectivity index (χ2n) is 3.33. The van der Waals surface area contributed by atoms with Crippen molar-refractivity contribution in [3.8, 4) is 5.75 Å². The molecule has 0 aliphatic carbocycles. The third kappa shape index (κ3) is 4.42. The van der Waals surface area contributed by atoms with Crippen LogP contribution in [-0.2, 0) is 19.6 Å². The number of hydrogen-bond acceptors (Lipinski definition) is 5. The van der Waals surface area contributed by atoms with Crippen LogP contribution in [0.5, 0.6) is 5.75 Å². The third-order valence-corrected chi connectivity index (χ3v) is 3.29. The fourth-order valence-corrected chi connectivity index (χ4v) is 2.41. The molecule has 0 aliphatic heterocycles. The Labute approximate surface area is 110 Å². The molecule has 1 rings (SSSR count). The first-order valence-electron chi connectivity index (χ1n) is 4.98. The van der Waals surface area contributed by atoms with Crippen LogP contribution < -0.4 is 4.72 Å². The van der Waals surface area contributed by atoms with E-state index in [0.717, 1.165) is 0 Å². The number of phenols is 1. The van der Waals surface area contributed by atoms with Gasteiger partial charge in [0.2, 0.25) is 10.0 Å². The Morgan fingerprint density at radius 1 is 1.50 bits per heavy atom. The van der Waals surface area contributed by atoms with Crippen molar-refractivity contribution in [3.05, 3.63) is 23.2 Å². The SMILES string of the molecule is CCOC(=O)CS(=O)(=O)Nc1ccc(O)cc1Cl. The molecule has 0 saturated carbocycles. The number of phenolic OH excluding ortho intramolecular Hbond substituents is 1. The van der Waals surface area contributed by atoms with Crippen molar-refractivity contribution in [1.29, 1.82) is 0 Å². The Hall–Kier alpha value is -1.47. The minimum atomic E-state index is -3.88. The number of rotatable bonds is 5. The maximum Gasteiger partial charge on any atom is 0.323 e. The predicted octanol–water partition coefficient (Wildman–Crippen LogP) is 1.35. The molecule has 0 bridgehead atoms. The maximum absolute atomic E-state index is 11.6. The van der Waals surface area contributed by atoms with Gasteiger partial charge in [-0.25, -0.2) is 8.42 Å². The lowest BCUT2D eigenvalue weighted by atomic mass is 10.3. The summed E-state index contributed by atoms with van der Waals surface area (Å²) in [5.74, 6) is -1.73. The number of halogens is 1. The van der Waals surface area contributed by atoms with E-state index in [2.05, 4.69) is 9.46 Å². The molecule has 2 N–H and O–H groups in total. The summed E-state index contributed by atoms with van der Waals surface area (Å²) < 4.78 is 29.8. The molecule has 0 saturated heterocycles. The zero-order valence-corrected chi connectivity index (χ0v) is 11.1. The Bertz CT molecular complexity index is 543. The second-order valence-corrected chi connectivity index (χ2v) is 5.46. The normalized spacial score (nSPS) is 11.0. The standard InChI is InChI=1S/C10H12ClNO5S/c1-2-17-10(14)6-18(15,16)12-9-4-3-7(13)5-8(9)11/h3-5,12-13H,2,6H2,1H3. The summed E-state index contributed by atoms with van der Waals surface area (Å²) in [5.41, 5.74) is 0.0822. The summed E-state index contributed by atoms with van der Waals surface area (Å²) in [7, 11) is -3.88. The molecule has 1 aromatic carbocycles. The van der Waals surface area contributed by atoms with Gasteiger partial charge in [-0.3, -0.25) is 9.52 Å². The lowest BCUT2D eigenvalue weighted by Gasteiger charge is -2.09. The van der Waals surface area contributed by atoms with Gasteiger partial charge in [0.15, 0.2) is 5.75 Å². The molecular weight excluding hydrogens is 282 g/mol. The summed E-state index contributed by atoms with van der Waals surface area (Å²) in [5, 5.41) is 9.15. The molecule has 8 heteroatoms. The number of ether oxygens (including phenoxy) is 1. The molecule has 6 nitrogen and oxygen atoms in total. The van der Waals surface area contributed by atoms with Crippen molar-refractivity contribution in [2.24, 2.45) is 0 Å². The fraction of sp³-hybridized carbons (Fsp3) is 0.300. The Morgan fingerprint density at radius 3 is 2.72 bits per heavy atom. The van der Waals surface area contributed by atoms with E-state index >= 15 is 0 Å². The van der Waals surface area contributed by atoms with Crippen molar-refractivity contribution in [2.45, 2.75) is 6.92 Å². The van der Waals surface area contributed by atoms with Crippen LogP contribution in [0.2, 0.25) is 5.02 Å². The number of benzene rings is 1. The number of nitrogens with one attached hydrogen (secondary N) is 1. The Kier molecular flexibility index (Phi) is 4.80. The molecule has 18 heavy (non-hydrogen) atoms. The van der Waals surface area contributed by atoms with Crippen molar-refractivity contribution in [1.82, 2.24) is 0 Å². The van der Waals surface area contributed by atoms with Crippen LogP contribution >= 0.6 is 11.6 Å². The predicted molar refractivity (Wildman–Crippen MR) is 67.2 cm³/mol. The summed E-state index contributed by atoms with van der Waals surface area (Å²) in [6, 6.07) is 3.75. The average molecular weight is 294 g/mol. The first-order valence-corrected chi connectivity index (χ1v) is 7.01. The van der Waals surface area contributed by atoms with Crippen molar-refractivity contribution in [3.63, 3.8) is 0 Å². The summed E-state index contributed by atoms with van der Waals surface area (Å²) >= 11 is 5.73. The summed E-state index contributed by atoms with van der Waals surface area (Å²) in [4.78, 5) is 11.1. The van der Waals surface area contributed by atoms with Gasteiger partial charge in [-0.15, -0.1) is 0 Å².